The van der Waals surface area contributed by atoms with E-state index in [9.17, 15) is 9.59 Å². The van der Waals surface area contributed by atoms with Gasteiger partial charge in [-0.3, -0.25) is 0 Å². The quantitative estimate of drug-likeness (QED) is 0.647. The zero-order valence-electron chi connectivity index (χ0n) is 19.4. The summed E-state index contributed by atoms with van der Waals surface area (Å²) < 4.78 is 9.80. The maximum Gasteiger partial charge on any atom is 0.355 e. The van der Waals surface area contributed by atoms with E-state index in [1.807, 2.05) is 37.3 Å². The van der Waals surface area contributed by atoms with E-state index >= 15 is 0 Å². The number of allylic oxidation sites excluding steroid dienone is 2. The van der Waals surface area contributed by atoms with Crippen LogP contribution in [0, 0.1) is 6.92 Å². The van der Waals surface area contributed by atoms with E-state index in [-0.39, 0.29) is 11.3 Å². The number of ether oxygens (including phenoxy) is 2. The van der Waals surface area contributed by atoms with Crippen molar-refractivity contribution in [1.29, 1.82) is 0 Å². The molecule has 1 N–H and O–H groups in total. The number of hydrogen-bond acceptors (Lipinski definition) is 9. The maximum absolute atomic E-state index is 12.6. The second kappa shape index (κ2) is 10.2. The predicted octanol–water partition coefficient (Wildman–Crippen LogP) is 3.62. The average Bonchev–Trinajstić information content (AvgIpc) is 3.30. The molecule has 0 aliphatic carbocycles. The summed E-state index contributed by atoms with van der Waals surface area (Å²) >= 11 is 0. The zero-order valence-corrected chi connectivity index (χ0v) is 19.4. The molecule has 34 heavy (non-hydrogen) atoms. The summed E-state index contributed by atoms with van der Waals surface area (Å²) in [6.07, 6.45) is 8.97. The van der Waals surface area contributed by atoms with Crippen LogP contribution in [0.15, 0.2) is 66.0 Å². The van der Waals surface area contributed by atoms with Gasteiger partial charge in [0.05, 0.1) is 19.8 Å². The number of benzene rings is 1. The van der Waals surface area contributed by atoms with Gasteiger partial charge in [-0.1, -0.05) is 6.08 Å². The SMILES string of the molecule is COC(=O)C1=C(C(=O)OC)N(c2ccc(Nc3cc(N4CCCC4)nc(C)n3)cc2)C=CC=C1. The molecule has 0 unspecified atom stereocenters. The van der Waals surface area contributed by atoms with E-state index < -0.39 is 11.9 Å². The topological polar surface area (TPSA) is 96.9 Å². The average molecular weight is 462 g/mol. The van der Waals surface area contributed by atoms with Crippen LogP contribution in [0.2, 0.25) is 0 Å². The number of anilines is 4. The molecule has 9 nitrogen and oxygen atoms in total. The third-order valence-corrected chi connectivity index (χ3v) is 5.56. The van der Waals surface area contributed by atoms with Gasteiger partial charge in [0, 0.05) is 36.7 Å². The fraction of sp³-hybridized carbons (Fsp3) is 0.280. The minimum absolute atomic E-state index is 0.0711. The Morgan fingerprint density at radius 2 is 1.68 bits per heavy atom. The molecule has 0 amide bonds. The molecule has 0 bridgehead atoms. The van der Waals surface area contributed by atoms with Crippen molar-refractivity contribution in [3.8, 4) is 0 Å². The Kier molecular flexibility index (Phi) is 6.91. The first-order valence-electron chi connectivity index (χ1n) is 11.0. The summed E-state index contributed by atoms with van der Waals surface area (Å²) in [5.74, 6) is 1.06. The van der Waals surface area contributed by atoms with Crippen molar-refractivity contribution in [2.45, 2.75) is 19.8 Å². The van der Waals surface area contributed by atoms with Crippen molar-refractivity contribution in [3.05, 3.63) is 71.9 Å². The van der Waals surface area contributed by atoms with Gasteiger partial charge >= 0.3 is 11.9 Å². The first-order valence-corrected chi connectivity index (χ1v) is 11.0. The van der Waals surface area contributed by atoms with Gasteiger partial charge in [0.25, 0.3) is 0 Å². The number of carbonyl (C=O) groups is 2. The van der Waals surface area contributed by atoms with Gasteiger partial charge in [0.1, 0.15) is 23.2 Å². The van der Waals surface area contributed by atoms with Crippen molar-refractivity contribution < 1.29 is 19.1 Å². The summed E-state index contributed by atoms with van der Waals surface area (Å²) in [4.78, 5) is 37.9. The third kappa shape index (κ3) is 4.93. The van der Waals surface area contributed by atoms with Crippen molar-refractivity contribution >= 4 is 34.9 Å². The number of hydrogen-bond donors (Lipinski definition) is 1. The molecule has 0 saturated carbocycles. The molecule has 2 aliphatic heterocycles. The highest BCUT2D eigenvalue weighted by atomic mass is 16.5. The number of rotatable bonds is 6. The largest absolute Gasteiger partial charge is 0.465 e. The van der Waals surface area contributed by atoms with Crippen LogP contribution in [0.4, 0.5) is 23.0 Å². The Hall–Kier alpha value is -4.14. The van der Waals surface area contributed by atoms with E-state index in [4.69, 9.17) is 9.47 Å². The molecule has 4 rings (SSSR count). The first-order chi connectivity index (χ1) is 16.5. The van der Waals surface area contributed by atoms with Crippen molar-refractivity contribution in [1.82, 2.24) is 9.97 Å². The van der Waals surface area contributed by atoms with E-state index in [1.54, 1.807) is 23.3 Å². The molecule has 176 valence electrons. The first kappa shape index (κ1) is 23.0. The number of nitrogens with zero attached hydrogens (tertiary/aromatic N) is 4. The highest BCUT2D eigenvalue weighted by Crippen LogP contribution is 2.29. The summed E-state index contributed by atoms with van der Waals surface area (Å²) in [5.41, 5.74) is 1.67. The van der Waals surface area contributed by atoms with E-state index in [0.29, 0.717) is 17.3 Å². The molecular formula is C25H27N5O4. The lowest BCUT2D eigenvalue weighted by molar-refractivity contribution is -0.139. The molecule has 1 aromatic carbocycles. The second-order valence-electron chi connectivity index (χ2n) is 7.84. The molecule has 2 aliphatic rings. The lowest BCUT2D eigenvalue weighted by atomic mass is 10.1. The molecule has 1 saturated heterocycles. The maximum atomic E-state index is 12.6. The Balaban J connectivity index is 1.61. The highest BCUT2D eigenvalue weighted by molar-refractivity contribution is 6.05. The summed E-state index contributed by atoms with van der Waals surface area (Å²) in [7, 11) is 2.54. The predicted molar refractivity (Wildman–Crippen MR) is 130 cm³/mol. The minimum Gasteiger partial charge on any atom is -0.465 e. The Morgan fingerprint density at radius 3 is 2.35 bits per heavy atom. The number of esters is 2. The van der Waals surface area contributed by atoms with Gasteiger partial charge in [-0.2, -0.15) is 0 Å². The highest BCUT2D eigenvalue weighted by Gasteiger charge is 2.27. The fourth-order valence-corrected chi connectivity index (χ4v) is 3.94. The number of nitrogens with one attached hydrogen (secondary N) is 1. The second-order valence-corrected chi connectivity index (χ2v) is 7.84. The molecule has 1 aromatic heterocycles. The Morgan fingerprint density at radius 1 is 0.971 bits per heavy atom. The van der Waals surface area contributed by atoms with Gasteiger partial charge in [-0.15, -0.1) is 0 Å². The van der Waals surface area contributed by atoms with Crippen LogP contribution < -0.4 is 15.1 Å². The van der Waals surface area contributed by atoms with Crippen LogP contribution in [0.1, 0.15) is 18.7 Å². The molecule has 0 atom stereocenters. The van der Waals surface area contributed by atoms with Crippen molar-refractivity contribution in [3.63, 3.8) is 0 Å². The van der Waals surface area contributed by atoms with Gasteiger partial charge in [0.2, 0.25) is 0 Å². The lowest BCUT2D eigenvalue weighted by Gasteiger charge is -2.23. The van der Waals surface area contributed by atoms with Gasteiger partial charge in [-0.25, -0.2) is 19.6 Å². The van der Waals surface area contributed by atoms with E-state index in [2.05, 4.69) is 20.2 Å². The van der Waals surface area contributed by atoms with Crippen LogP contribution in [0.3, 0.4) is 0 Å². The summed E-state index contributed by atoms with van der Waals surface area (Å²) in [5, 5.41) is 3.33. The summed E-state index contributed by atoms with van der Waals surface area (Å²) in [6, 6.07) is 9.38. The van der Waals surface area contributed by atoms with Gasteiger partial charge < -0.3 is 24.6 Å². The standard InChI is InChI=1S/C25H27N5O4/c1-17-26-21(16-22(27-17)29-13-6-7-14-29)28-18-9-11-19(12-10-18)30-15-5-4-8-20(24(31)33-2)23(30)25(32)34-3/h4-5,8-12,15-16H,6-7,13-14H2,1-3H3,(H,26,27,28). The monoisotopic (exact) mass is 461 g/mol. The molecule has 2 aromatic rings. The number of carbonyl (C=O) groups excluding carboxylic acids is 2. The van der Waals surface area contributed by atoms with E-state index in [0.717, 1.165) is 24.6 Å². The molecule has 0 radical (unpaired) electrons. The fourth-order valence-electron chi connectivity index (χ4n) is 3.94. The molecule has 3 heterocycles. The smallest absolute Gasteiger partial charge is 0.355 e. The van der Waals surface area contributed by atoms with Crippen LogP contribution in [0.5, 0.6) is 0 Å². The number of methoxy groups -OCH3 is 2. The van der Waals surface area contributed by atoms with Gasteiger partial charge in [-0.05, 0) is 56.2 Å². The van der Waals surface area contributed by atoms with Crippen molar-refractivity contribution in [2.75, 3.05) is 42.4 Å². The Labute approximate surface area is 198 Å². The minimum atomic E-state index is -0.648. The molecule has 9 heteroatoms. The lowest BCUT2D eigenvalue weighted by Crippen LogP contribution is -2.26. The van der Waals surface area contributed by atoms with Crippen LogP contribution in [0.25, 0.3) is 0 Å². The zero-order chi connectivity index (χ0) is 24.1. The van der Waals surface area contributed by atoms with Crippen LogP contribution >= 0.6 is 0 Å². The molecule has 0 spiro atoms. The normalized spacial score (nSPS) is 15.4. The van der Waals surface area contributed by atoms with Gasteiger partial charge in [0.15, 0.2) is 0 Å². The van der Waals surface area contributed by atoms with Crippen LogP contribution in [-0.2, 0) is 19.1 Å². The third-order valence-electron chi connectivity index (χ3n) is 5.56. The Bertz CT molecular complexity index is 1160. The van der Waals surface area contributed by atoms with Crippen LogP contribution in [-0.4, -0.2) is 49.2 Å². The number of aromatic nitrogens is 2. The van der Waals surface area contributed by atoms with E-state index in [1.165, 1.54) is 33.1 Å². The number of aryl methyl sites for hydroxylation is 1. The molecular weight excluding hydrogens is 434 g/mol. The summed E-state index contributed by atoms with van der Waals surface area (Å²) in [6.45, 7) is 3.89. The van der Waals surface area contributed by atoms with Crippen molar-refractivity contribution in [2.24, 2.45) is 0 Å². The molecule has 1 fully saturated rings.